The molecule has 8 nitrogen and oxygen atoms in total. The van der Waals surface area contributed by atoms with Crippen LogP contribution in [0.4, 0.5) is 17.2 Å². The lowest BCUT2D eigenvalue weighted by atomic mass is 10.1. The van der Waals surface area contributed by atoms with Crippen molar-refractivity contribution in [3.8, 4) is 0 Å². The molecule has 0 saturated carbocycles. The standard InChI is InChI=1S/C20H19N5O3/c1-12(26)21-14-5-4-6-15(10-14)22-20(28)13-9-18(27)25(11-13)19-16-7-2-3-8-17(16)23-24-19/h2-8,10,13H,9,11H2,1H3,(H,21,26)(H,22,28)(H,23,24). The molecule has 1 atom stereocenters. The van der Waals surface area contributed by atoms with Crippen molar-refractivity contribution in [3.63, 3.8) is 0 Å². The maximum atomic E-state index is 12.7. The van der Waals surface area contributed by atoms with Gasteiger partial charge in [0.2, 0.25) is 17.7 Å². The van der Waals surface area contributed by atoms with Gasteiger partial charge in [0.1, 0.15) is 0 Å². The van der Waals surface area contributed by atoms with Gasteiger partial charge < -0.3 is 10.6 Å². The number of nitrogens with one attached hydrogen (secondary N) is 3. The first-order valence-corrected chi connectivity index (χ1v) is 8.93. The van der Waals surface area contributed by atoms with Crippen LogP contribution in [0.5, 0.6) is 0 Å². The van der Waals surface area contributed by atoms with E-state index in [1.165, 1.54) is 6.92 Å². The van der Waals surface area contributed by atoms with E-state index in [2.05, 4.69) is 20.8 Å². The van der Waals surface area contributed by atoms with E-state index in [9.17, 15) is 14.4 Å². The Morgan fingerprint density at radius 2 is 1.86 bits per heavy atom. The number of carbonyl (C=O) groups excluding carboxylic acids is 3. The SMILES string of the molecule is CC(=O)Nc1cccc(NC(=O)C2CC(=O)N(c3n[nH]c4ccccc34)C2)c1. The number of hydrogen-bond acceptors (Lipinski definition) is 4. The molecule has 1 unspecified atom stereocenters. The van der Waals surface area contributed by atoms with Crippen molar-refractivity contribution in [1.29, 1.82) is 0 Å². The Morgan fingerprint density at radius 1 is 1.11 bits per heavy atom. The number of anilines is 3. The predicted molar refractivity (Wildman–Crippen MR) is 106 cm³/mol. The van der Waals surface area contributed by atoms with Crippen LogP contribution in [0, 0.1) is 5.92 Å². The Morgan fingerprint density at radius 3 is 2.64 bits per heavy atom. The van der Waals surface area contributed by atoms with Gasteiger partial charge in [-0.3, -0.25) is 24.4 Å². The highest BCUT2D eigenvalue weighted by Gasteiger charge is 2.36. The van der Waals surface area contributed by atoms with Gasteiger partial charge in [-0.2, -0.15) is 5.10 Å². The van der Waals surface area contributed by atoms with Gasteiger partial charge in [0, 0.05) is 36.7 Å². The van der Waals surface area contributed by atoms with E-state index in [-0.39, 0.29) is 30.7 Å². The van der Waals surface area contributed by atoms with Gasteiger partial charge in [0.05, 0.1) is 11.4 Å². The average Bonchev–Trinajstić information content (AvgIpc) is 3.25. The zero-order chi connectivity index (χ0) is 19.7. The number of aromatic amines is 1. The van der Waals surface area contributed by atoms with Crippen LogP contribution in [0.1, 0.15) is 13.3 Å². The molecule has 3 aromatic rings. The van der Waals surface area contributed by atoms with E-state index in [1.807, 2.05) is 24.3 Å². The number of fused-ring (bicyclic) bond motifs is 1. The molecule has 0 aliphatic carbocycles. The van der Waals surface area contributed by atoms with Gasteiger partial charge in [-0.25, -0.2) is 0 Å². The third-order valence-electron chi connectivity index (χ3n) is 4.65. The smallest absolute Gasteiger partial charge is 0.229 e. The number of amides is 3. The van der Waals surface area contributed by atoms with E-state index >= 15 is 0 Å². The van der Waals surface area contributed by atoms with Crippen LogP contribution in [-0.2, 0) is 14.4 Å². The van der Waals surface area contributed by atoms with Crippen LogP contribution in [0.25, 0.3) is 10.9 Å². The molecule has 2 aromatic carbocycles. The van der Waals surface area contributed by atoms with E-state index in [1.54, 1.807) is 29.2 Å². The van der Waals surface area contributed by atoms with Crippen LogP contribution in [0.2, 0.25) is 0 Å². The zero-order valence-corrected chi connectivity index (χ0v) is 15.2. The number of benzene rings is 2. The monoisotopic (exact) mass is 377 g/mol. The molecule has 0 bridgehead atoms. The highest BCUT2D eigenvalue weighted by molar-refractivity contribution is 6.07. The summed E-state index contributed by atoms with van der Waals surface area (Å²) in [5.74, 6) is -0.497. The first-order valence-electron chi connectivity index (χ1n) is 8.93. The fraction of sp³-hybridized carbons (Fsp3) is 0.200. The quantitative estimate of drug-likeness (QED) is 0.649. The Bertz CT molecular complexity index is 1070. The van der Waals surface area contributed by atoms with Crippen molar-refractivity contribution in [1.82, 2.24) is 10.2 Å². The Kier molecular flexibility index (Phi) is 4.52. The van der Waals surface area contributed by atoms with Crippen molar-refractivity contribution in [3.05, 3.63) is 48.5 Å². The molecule has 2 heterocycles. The molecule has 8 heteroatoms. The topological polar surface area (TPSA) is 107 Å². The molecule has 142 valence electrons. The second kappa shape index (κ2) is 7.15. The van der Waals surface area contributed by atoms with E-state index in [0.29, 0.717) is 17.2 Å². The molecular formula is C20H19N5O3. The Hall–Kier alpha value is -3.68. The van der Waals surface area contributed by atoms with Crippen molar-refractivity contribution >= 4 is 45.8 Å². The van der Waals surface area contributed by atoms with Gasteiger partial charge in [-0.15, -0.1) is 0 Å². The summed E-state index contributed by atoms with van der Waals surface area (Å²) >= 11 is 0. The fourth-order valence-electron chi connectivity index (χ4n) is 3.36. The minimum Gasteiger partial charge on any atom is -0.326 e. The summed E-state index contributed by atoms with van der Waals surface area (Å²) in [5.41, 5.74) is 2.00. The molecule has 1 saturated heterocycles. The lowest BCUT2D eigenvalue weighted by Gasteiger charge is -2.14. The lowest BCUT2D eigenvalue weighted by Crippen LogP contribution is -2.28. The van der Waals surface area contributed by atoms with Crippen LogP contribution in [0.3, 0.4) is 0 Å². The summed E-state index contributed by atoms with van der Waals surface area (Å²) in [6.45, 7) is 1.69. The maximum Gasteiger partial charge on any atom is 0.229 e. The van der Waals surface area contributed by atoms with Crippen LogP contribution < -0.4 is 15.5 Å². The van der Waals surface area contributed by atoms with Crippen molar-refractivity contribution < 1.29 is 14.4 Å². The second-order valence-corrected chi connectivity index (χ2v) is 6.75. The molecule has 3 amide bonds. The minimum absolute atomic E-state index is 0.123. The summed E-state index contributed by atoms with van der Waals surface area (Å²) in [6.07, 6.45) is 0.123. The molecular weight excluding hydrogens is 358 g/mol. The van der Waals surface area contributed by atoms with Crippen LogP contribution >= 0.6 is 0 Å². The number of H-pyrrole nitrogens is 1. The largest absolute Gasteiger partial charge is 0.326 e. The molecule has 3 N–H and O–H groups in total. The maximum absolute atomic E-state index is 12.7. The summed E-state index contributed by atoms with van der Waals surface area (Å²) in [4.78, 5) is 37.9. The van der Waals surface area contributed by atoms with Gasteiger partial charge in [0.25, 0.3) is 0 Å². The average molecular weight is 377 g/mol. The Labute approximate surface area is 160 Å². The number of aromatic nitrogens is 2. The normalized spacial score (nSPS) is 16.4. The summed E-state index contributed by atoms with van der Waals surface area (Å²) in [7, 11) is 0. The summed E-state index contributed by atoms with van der Waals surface area (Å²) in [6, 6.07) is 14.4. The summed E-state index contributed by atoms with van der Waals surface area (Å²) in [5, 5.41) is 13.5. The molecule has 1 aliphatic rings. The first-order chi connectivity index (χ1) is 13.5. The van der Waals surface area contributed by atoms with Gasteiger partial charge in [0.15, 0.2) is 5.82 Å². The fourth-order valence-corrected chi connectivity index (χ4v) is 3.36. The lowest BCUT2D eigenvalue weighted by molar-refractivity contribution is -0.122. The zero-order valence-electron chi connectivity index (χ0n) is 15.2. The predicted octanol–water partition coefficient (Wildman–Crippen LogP) is 2.51. The third kappa shape index (κ3) is 3.44. The molecule has 1 aromatic heterocycles. The highest BCUT2D eigenvalue weighted by Crippen LogP contribution is 2.30. The first kappa shape index (κ1) is 17.7. The number of carbonyl (C=O) groups is 3. The van der Waals surface area contributed by atoms with E-state index < -0.39 is 5.92 Å². The molecule has 0 spiro atoms. The number of rotatable bonds is 4. The van der Waals surface area contributed by atoms with Crippen molar-refractivity contribution in [2.45, 2.75) is 13.3 Å². The van der Waals surface area contributed by atoms with Gasteiger partial charge in [-0.05, 0) is 30.3 Å². The van der Waals surface area contributed by atoms with Gasteiger partial charge >= 0.3 is 0 Å². The molecule has 28 heavy (non-hydrogen) atoms. The number of nitrogens with zero attached hydrogens (tertiary/aromatic N) is 2. The number of para-hydroxylation sites is 1. The van der Waals surface area contributed by atoms with Crippen LogP contribution in [-0.4, -0.2) is 34.5 Å². The Balaban J connectivity index is 1.48. The van der Waals surface area contributed by atoms with E-state index in [4.69, 9.17) is 0 Å². The molecule has 1 aliphatic heterocycles. The second-order valence-electron chi connectivity index (χ2n) is 6.75. The third-order valence-corrected chi connectivity index (χ3v) is 4.65. The van der Waals surface area contributed by atoms with E-state index in [0.717, 1.165) is 10.9 Å². The summed E-state index contributed by atoms with van der Waals surface area (Å²) < 4.78 is 0. The van der Waals surface area contributed by atoms with Crippen LogP contribution in [0.15, 0.2) is 48.5 Å². The van der Waals surface area contributed by atoms with Crippen molar-refractivity contribution in [2.24, 2.45) is 5.92 Å². The van der Waals surface area contributed by atoms with Gasteiger partial charge in [-0.1, -0.05) is 18.2 Å². The minimum atomic E-state index is -0.479. The molecule has 1 fully saturated rings. The van der Waals surface area contributed by atoms with Crippen molar-refractivity contribution in [2.75, 3.05) is 22.1 Å². The molecule has 4 rings (SSSR count). The molecule has 0 radical (unpaired) electrons. The highest BCUT2D eigenvalue weighted by atomic mass is 16.2. The number of hydrogen-bond donors (Lipinski definition) is 3.